The van der Waals surface area contributed by atoms with E-state index in [1.54, 1.807) is 53.7 Å². The molecule has 166 valence electrons. The van der Waals surface area contributed by atoms with Gasteiger partial charge in [0.2, 0.25) is 15.9 Å². The van der Waals surface area contributed by atoms with Crippen molar-refractivity contribution in [1.82, 2.24) is 9.21 Å². The van der Waals surface area contributed by atoms with Crippen LogP contribution in [0.2, 0.25) is 0 Å². The van der Waals surface area contributed by atoms with Crippen LogP contribution in [0.25, 0.3) is 6.08 Å². The minimum Gasteiger partial charge on any atom is -0.497 e. The van der Waals surface area contributed by atoms with Gasteiger partial charge in [-0.2, -0.15) is 4.31 Å². The van der Waals surface area contributed by atoms with Gasteiger partial charge in [-0.15, -0.1) is 0 Å². The number of benzene rings is 2. The molecule has 0 unspecified atom stereocenters. The third-order valence-electron chi connectivity index (χ3n) is 5.43. The van der Waals surface area contributed by atoms with Crippen molar-refractivity contribution >= 4 is 22.0 Å². The zero-order valence-electron chi connectivity index (χ0n) is 18.2. The van der Waals surface area contributed by atoms with Gasteiger partial charge in [-0.05, 0) is 54.3 Å². The SMILES string of the molecule is COc1cccc(CN(C)C(=O)/C=C/c2ccc(S(=O)(=O)N3CCCCCC3)cc2)c1. The molecule has 1 fully saturated rings. The first-order valence-electron chi connectivity index (χ1n) is 10.6. The lowest BCUT2D eigenvalue weighted by Crippen LogP contribution is -2.31. The van der Waals surface area contributed by atoms with Crippen molar-refractivity contribution in [3.05, 3.63) is 65.7 Å². The molecule has 7 heteroatoms. The van der Waals surface area contributed by atoms with Crippen LogP contribution >= 0.6 is 0 Å². The Labute approximate surface area is 185 Å². The van der Waals surface area contributed by atoms with E-state index in [2.05, 4.69) is 0 Å². The molecule has 0 radical (unpaired) electrons. The van der Waals surface area contributed by atoms with Gasteiger partial charge in [-0.3, -0.25) is 4.79 Å². The molecule has 1 aliphatic rings. The normalized spacial score (nSPS) is 15.5. The largest absolute Gasteiger partial charge is 0.497 e. The molecule has 0 aliphatic carbocycles. The van der Waals surface area contributed by atoms with E-state index in [9.17, 15) is 13.2 Å². The van der Waals surface area contributed by atoms with Gasteiger partial charge in [0, 0.05) is 32.8 Å². The summed E-state index contributed by atoms with van der Waals surface area (Å²) < 4.78 is 32.5. The Morgan fingerprint density at radius 2 is 1.74 bits per heavy atom. The standard InChI is InChI=1S/C24H30N2O4S/c1-25(19-21-8-7-9-22(18-21)30-2)24(27)15-12-20-10-13-23(14-11-20)31(28,29)26-16-5-3-4-6-17-26/h7-15,18H,3-6,16-17,19H2,1-2H3/b15-12+. The van der Waals surface area contributed by atoms with E-state index >= 15 is 0 Å². The van der Waals surface area contributed by atoms with Gasteiger partial charge >= 0.3 is 0 Å². The van der Waals surface area contributed by atoms with E-state index in [0.717, 1.165) is 42.6 Å². The summed E-state index contributed by atoms with van der Waals surface area (Å²) in [4.78, 5) is 14.4. The van der Waals surface area contributed by atoms with Gasteiger partial charge in [-0.25, -0.2) is 8.42 Å². The molecule has 1 heterocycles. The number of likely N-dealkylation sites (N-methyl/N-ethyl adjacent to an activating group) is 1. The minimum absolute atomic E-state index is 0.135. The second-order valence-corrected chi connectivity index (χ2v) is 9.70. The molecule has 1 saturated heterocycles. The average Bonchev–Trinajstić information content (AvgIpc) is 3.08. The van der Waals surface area contributed by atoms with Crippen LogP contribution in [0.15, 0.2) is 59.5 Å². The van der Waals surface area contributed by atoms with Crippen LogP contribution in [0, 0.1) is 0 Å². The first kappa shape index (κ1) is 23.0. The Morgan fingerprint density at radius 3 is 2.39 bits per heavy atom. The first-order chi connectivity index (χ1) is 14.9. The molecular formula is C24H30N2O4S. The smallest absolute Gasteiger partial charge is 0.246 e. The summed E-state index contributed by atoms with van der Waals surface area (Å²) in [5.74, 6) is 0.619. The maximum Gasteiger partial charge on any atom is 0.246 e. The molecule has 0 aromatic heterocycles. The molecule has 0 N–H and O–H groups in total. The van der Waals surface area contributed by atoms with E-state index < -0.39 is 10.0 Å². The van der Waals surface area contributed by atoms with Crippen LogP contribution in [0.4, 0.5) is 0 Å². The topological polar surface area (TPSA) is 66.9 Å². The van der Waals surface area contributed by atoms with Crippen LogP contribution in [-0.4, -0.2) is 50.8 Å². The molecule has 3 rings (SSSR count). The highest BCUT2D eigenvalue weighted by Gasteiger charge is 2.24. The first-order valence-corrected chi connectivity index (χ1v) is 12.0. The van der Waals surface area contributed by atoms with Crippen LogP contribution < -0.4 is 4.74 Å². The number of carbonyl (C=O) groups is 1. The number of amides is 1. The average molecular weight is 443 g/mol. The van der Waals surface area contributed by atoms with Crippen LogP contribution in [0.5, 0.6) is 5.75 Å². The number of sulfonamides is 1. The highest BCUT2D eigenvalue weighted by Crippen LogP contribution is 2.21. The van der Waals surface area contributed by atoms with Crippen molar-refractivity contribution in [3.8, 4) is 5.75 Å². The molecule has 1 aliphatic heterocycles. The van der Waals surface area contributed by atoms with Crippen molar-refractivity contribution in [2.45, 2.75) is 37.1 Å². The van der Waals surface area contributed by atoms with Gasteiger partial charge in [0.1, 0.15) is 5.75 Å². The predicted molar refractivity (Wildman–Crippen MR) is 122 cm³/mol. The number of hydrogen-bond acceptors (Lipinski definition) is 4. The third-order valence-corrected chi connectivity index (χ3v) is 7.34. The third kappa shape index (κ3) is 6.18. The van der Waals surface area contributed by atoms with E-state index in [1.165, 1.54) is 6.08 Å². The fourth-order valence-corrected chi connectivity index (χ4v) is 5.12. The maximum absolute atomic E-state index is 12.9. The van der Waals surface area contributed by atoms with Crippen LogP contribution in [0.3, 0.4) is 0 Å². The lowest BCUT2D eigenvalue weighted by atomic mass is 10.2. The van der Waals surface area contributed by atoms with E-state index in [-0.39, 0.29) is 5.91 Å². The van der Waals surface area contributed by atoms with E-state index in [0.29, 0.717) is 24.5 Å². The predicted octanol–water partition coefficient (Wildman–Crippen LogP) is 3.93. The summed E-state index contributed by atoms with van der Waals surface area (Å²) in [6.07, 6.45) is 7.17. The van der Waals surface area contributed by atoms with E-state index in [1.807, 2.05) is 24.3 Å². The van der Waals surface area contributed by atoms with Crippen molar-refractivity contribution in [1.29, 1.82) is 0 Å². The summed E-state index contributed by atoms with van der Waals surface area (Å²) >= 11 is 0. The van der Waals surface area contributed by atoms with Crippen molar-refractivity contribution in [2.24, 2.45) is 0 Å². The molecule has 6 nitrogen and oxygen atoms in total. The van der Waals surface area contributed by atoms with Crippen LogP contribution in [0.1, 0.15) is 36.8 Å². The monoisotopic (exact) mass is 442 g/mol. The Bertz CT molecular complexity index is 1010. The van der Waals surface area contributed by atoms with Crippen molar-refractivity contribution in [3.63, 3.8) is 0 Å². The van der Waals surface area contributed by atoms with Gasteiger partial charge in [0.15, 0.2) is 0 Å². The number of carbonyl (C=O) groups excluding carboxylic acids is 1. The molecule has 2 aromatic carbocycles. The molecule has 1 amide bonds. The summed E-state index contributed by atoms with van der Waals surface area (Å²) in [5.41, 5.74) is 1.75. The number of hydrogen-bond donors (Lipinski definition) is 0. The lowest BCUT2D eigenvalue weighted by Gasteiger charge is -2.19. The summed E-state index contributed by atoms with van der Waals surface area (Å²) in [5, 5.41) is 0. The second-order valence-electron chi connectivity index (χ2n) is 7.77. The van der Waals surface area contributed by atoms with Crippen molar-refractivity contribution < 1.29 is 17.9 Å². The number of ether oxygens (including phenoxy) is 1. The number of methoxy groups -OCH3 is 1. The zero-order chi connectivity index (χ0) is 22.3. The fourth-order valence-electron chi connectivity index (χ4n) is 3.60. The zero-order valence-corrected chi connectivity index (χ0v) is 19.0. The quantitative estimate of drug-likeness (QED) is 0.610. The van der Waals surface area contributed by atoms with E-state index in [4.69, 9.17) is 4.74 Å². The number of rotatable bonds is 7. The fraction of sp³-hybridized carbons (Fsp3) is 0.375. The second kappa shape index (κ2) is 10.6. The Kier molecular flexibility index (Phi) is 7.87. The van der Waals surface area contributed by atoms with Gasteiger partial charge < -0.3 is 9.64 Å². The van der Waals surface area contributed by atoms with Gasteiger partial charge in [0.05, 0.1) is 12.0 Å². The van der Waals surface area contributed by atoms with Crippen molar-refractivity contribution in [2.75, 3.05) is 27.2 Å². The van der Waals surface area contributed by atoms with Gasteiger partial charge in [0.25, 0.3) is 0 Å². The summed E-state index contributed by atoms with van der Waals surface area (Å²) in [7, 11) is -0.112. The summed E-state index contributed by atoms with van der Waals surface area (Å²) in [6.45, 7) is 1.63. The molecule has 0 atom stereocenters. The highest BCUT2D eigenvalue weighted by atomic mass is 32.2. The lowest BCUT2D eigenvalue weighted by molar-refractivity contribution is -0.125. The molecule has 0 spiro atoms. The Hall–Kier alpha value is -2.64. The Balaban J connectivity index is 1.62. The minimum atomic E-state index is -3.46. The molecule has 0 bridgehead atoms. The maximum atomic E-state index is 12.9. The molecule has 0 saturated carbocycles. The Morgan fingerprint density at radius 1 is 1.06 bits per heavy atom. The number of nitrogens with zero attached hydrogens (tertiary/aromatic N) is 2. The molecular weight excluding hydrogens is 412 g/mol. The van der Waals surface area contributed by atoms with Gasteiger partial charge in [-0.1, -0.05) is 37.1 Å². The molecule has 2 aromatic rings. The summed E-state index contributed by atoms with van der Waals surface area (Å²) in [6, 6.07) is 14.3. The van der Waals surface area contributed by atoms with Crippen LogP contribution in [-0.2, 0) is 21.4 Å². The highest BCUT2D eigenvalue weighted by molar-refractivity contribution is 7.89. The molecule has 31 heavy (non-hydrogen) atoms.